The lowest BCUT2D eigenvalue weighted by molar-refractivity contribution is -0.148. The van der Waals surface area contributed by atoms with Gasteiger partial charge in [-0.3, -0.25) is 4.79 Å². The van der Waals surface area contributed by atoms with E-state index in [0.29, 0.717) is 5.69 Å². The Morgan fingerprint density at radius 1 is 1.14 bits per heavy atom. The van der Waals surface area contributed by atoms with Crippen LogP contribution < -0.4 is 10.1 Å². The summed E-state index contributed by atoms with van der Waals surface area (Å²) in [4.78, 5) is 28.1. The van der Waals surface area contributed by atoms with E-state index < -0.39 is 18.0 Å². The van der Waals surface area contributed by atoms with Crippen LogP contribution >= 0.6 is 11.6 Å². The van der Waals surface area contributed by atoms with Gasteiger partial charge >= 0.3 is 5.97 Å². The molecule has 0 aliphatic heterocycles. The van der Waals surface area contributed by atoms with E-state index >= 15 is 0 Å². The molecule has 3 aromatic rings. The van der Waals surface area contributed by atoms with Crippen molar-refractivity contribution in [1.82, 2.24) is 4.98 Å². The van der Waals surface area contributed by atoms with Crippen LogP contribution in [0.3, 0.4) is 0 Å². The molecule has 2 aromatic carbocycles. The molecule has 6 nitrogen and oxygen atoms in total. The van der Waals surface area contributed by atoms with Crippen LogP contribution in [0.25, 0.3) is 16.8 Å². The van der Waals surface area contributed by atoms with E-state index in [-0.39, 0.29) is 5.15 Å². The molecule has 1 atom stereocenters. The Hall–Kier alpha value is -3.38. The molecule has 3 rings (SSSR count). The molecule has 7 heteroatoms. The third-order valence-electron chi connectivity index (χ3n) is 4.16. The average molecular weight is 411 g/mol. The minimum atomic E-state index is -0.993. The summed E-state index contributed by atoms with van der Waals surface area (Å²) >= 11 is 5.90. The van der Waals surface area contributed by atoms with Crippen molar-refractivity contribution in [2.24, 2.45) is 0 Å². The maximum atomic E-state index is 12.2. The Kier molecular flexibility index (Phi) is 6.46. The predicted octanol–water partition coefficient (Wildman–Crippen LogP) is 4.48. The number of carbonyl (C=O) groups is 2. The minimum absolute atomic E-state index is 0.160. The molecular weight excluding hydrogens is 392 g/mol. The quantitative estimate of drug-likeness (QED) is 0.368. The van der Waals surface area contributed by atoms with Crippen LogP contribution in [0, 0.1) is 0 Å². The highest BCUT2D eigenvalue weighted by molar-refractivity contribution is 6.32. The van der Waals surface area contributed by atoms with E-state index in [9.17, 15) is 9.59 Å². The van der Waals surface area contributed by atoms with Gasteiger partial charge in [0.15, 0.2) is 11.3 Å². The van der Waals surface area contributed by atoms with Crippen LogP contribution in [-0.2, 0) is 14.3 Å². The first-order valence-corrected chi connectivity index (χ1v) is 9.22. The highest BCUT2D eigenvalue weighted by Crippen LogP contribution is 2.22. The number of nitrogens with one attached hydrogen (secondary N) is 1. The highest BCUT2D eigenvalue weighted by Gasteiger charge is 2.17. The van der Waals surface area contributed by atoms with Gasteiger partial charge in [-0.2, -0.15) is 0 Å². The molecule has 29 heavy (non-hydrogen) atoms. The summed E-state index contributed by atoms with van der Waals surface area (Å²) in [6, 6.07) is 14.8. The average Bonchev–Trinajstić information content (AvgIpc) is 2.73. The molecule has 1 N–H and O–H groups in total. The summed E-state index contributed by atoms with van der Waals surface area (Å²) in [5, 5.41) is 4.78. The van der Waals surface area contributed by atoms with Crippen LogP contribution in [0.1, 0.15) is 12.5 Å². The van der Waals surface area contributed by atoms with Gasteiger partial charge in [0.05, 0.1) is 12.8 Å². The molecule has 1 heterocycles. The lowest BCUT2D eigenvalue weighted by atomic mass is 10.1. The van der Waals surface area contributed by atoms with Gasteiger partial charge in [0.25, 0.3) is 5.91 Å². The molecular formula is C22H19ClN2O4. The third kappa shape index (κ3) is 5.33. The zero-order chi connectivity index (χ0) is 20.8. The van der Waals surface area contributed by atoms with Crippen LogP contribution in [0.15, 0.2) is 60.8 Å². The van der Waals surface area contributed by atoms with Gasteiger partial charge in [0.2, 0.25) is 0 Å². The lowest BCUT2D eigenvalue weighted by Crippen LogP contribution is -2.29. The van der Waals surface area contributed by atoms with Gasteiger partial charge in [-0.15, -0.1) is 0 Å². The molecule has 1 aromatic heterocycles. The number of pyridine rings is 1. The Morgan fingerprint density at radius 3 is 2.66 bits per heavy atom. The number of ether oxygens (including phenoxy) is 2. The monoisotopic (exact) mass is 410 g/mol. The van der Waals surface area contributed by atoms with Crippen molar-refractivity contribution in [2.75, 3.05) is 12.4 Å². The topological polar surface area (TPSA) is 77.5 Å². The number of anilines is 1. The second-order valence-electron chi connectivity index (χ2n) is 6.22. The summed E-state index contributed by atoms with van der Waals surface area (Å²) in [5.41, 5.74) is 1.18. The maximum absolute atomic E-state index is 12.2. The molecule has 0 fully saturated rings. The smallest absolute Gasteiger partial charge is 0.331 e. The standard InChI is InChI=1S/C22H19ClN2O4/c1-14(22(27)25-19-4-3-11-24-21(19)23)29-20(26)10-6-15-5-7-17-13-18(28-2)9-8-16(17)12-15/h3-14H,1-2H3,(H,25,27)/b10-6+/t14-/m0/s1. The molecule has 0 aliphatic carbocycles. The molecule has 0 radical (unpaired) electrons. The second-order valence-corrected chi connectivity index (χ2v) is 6.57. The summed E-state index contributed by atoms with van der Waals surface area (Å²) < 4.78 is 10.4. The second kappa shape index (κ2) is 9.21. The molecule has 0 spiro atoms. The number of rotatable bonds is 6. The number of amides is 1. The Morgan fingerprint density at radius 2 is 1.90 bits per heavy atom. The van der Waals surface area contributed by atoms with Crippen LogP contribution in [0.5, 0.6) is 5.75 Å². The van der Waals surface area contributed by atoms with Gasteiger partial charge < -0.3 is 14.8 Å². The number of esters is 1. The van der Waals surface area contributed by atoms with E-state index in [0.717, 1.165) is 22.1 Å². The lowest BCUT2D eigenvalue weighted by Gasteiger charge is -2.12. The van der Waals surface area contributed by atoms with Gasteiger partial charge in [-0.05, 0) is 59.7 Å². The SMILES string of the molecule is COc1ccc2cc(/C=C/C(=O)O[C@@H](C)C(=O)Nc3cccnc3Cl)ccc2c1. The Labute approximate surface area is 173 Å². The zero-order valence-corrected chi connectivity index (χ0v) is 16.6. The van der Waals surface area contributed by atoms with Gasteiger partial charge in [0.1, 0.15) is 5.75 Å². The summed E-state index contributed by atoms with van der Waals surface area (Å²) in [6.45, 7) is 1.48. The first-order chi connectivity index (χ1) is 14.0. The van der Waals surface area contributed by atoms with E-state index in [2.05, 4.69) is 10.3 Å². The summed E-state index contributed by atoms with van der Waals surface area (Å²) in [7, 11) is 1.62. The fourth-order valence-electron chi connectivity index (χ4n) is 2.62. The number of fused-ring (bicyclic) bond motifs is 1. The molecule has 0 aliphatic rings. The van der Waals surface area contributed by atoms with Gasteiger partial charge in [-0.1, -0.05) is 29.8 Å². The maximum Gasteiger partial charge on any atom is 0.331 e. The van der Waals surface area contributed by atoms with Crippen LogP contribution in [-0.4, -0.2) is 30.1 Å². The molecule has 0 saturated heterocycles. The van der Waals surface area contributed by atoms with Crippen molar-refractivity contribution < 1.29 is 19.1 Å². The van der Waals surface area contributed by atoms with E-state index in [1.807, 2.05) is 36.4 Å². The number of nitrogens with zero attached hydrogens (tertiary/aromatic N) is 1. The zero-order valence-electron chi connectivity index (χ0n) is 15.9. The highest BCUT2D eigenvalue weighted by atomic mass is 35.5. The molecule has 1 amide bonds. The number of halogens is 1. The minimum Gasteiger partial charge on any atom is -0.497 e. The summed E-state index contributed by atoms with van der Waals surface area (Å²) in [6.07, 6.45) is 3.43. The fourth-order valence-corrected chi connectivity index (χ4v) is 2.78. The number of benzene rings is 2. The number of aromatic nitrogens is 1. The number of methoxy groups -OCH3 is 1. The third-order valence-corrected chi connectivity index (χ3v) is 4.46. The van der Waals surface area contributed by atoms with E-state index in [1.165, 1.54) is 19.2 Å². The first kappa shape index (κ1) is 20.4. The Balaban J connectivity index is 1.60. The van der Waals surface area contributed by atoms with Crippen molar-refractivity contribution >= 4 is 46.0 Å². The van der Waals surface area contributed by atoms with Crippen molar-refractivity contribution in [1.29, 1.82) is 0 Å². The molecule has 148 valence electrons. The largest absolute Gasteiger partial charge is 0.497 e. The molecule has 0 bridgehead atoms. The van der Waals surface area contributed by atoms with Gasteiger partial charge in [-0.25, -0.2) is 9.78 Å². The predicted molar refractivity (Wildman–Crippen MR) is 113 cm³/mol. The van der Waals surface area contributed by atoms with Crippen LogP contribution in [0.4, 0.5) is 5.69 Å². The van der Waals surface area contributed by atoms with Crippen molar-refractivity contribution in [3.8, 4) is 5.75 Å². The van der Waals surface area contributed by atoms with E-state index in [1.54, 1.807) is 25.3 Å². The van der Waals surface area contributed by atoms with Crippen LogP contribution in [0.2, 0.25) is 5.15 Å². The van der Waals surface area contributed by atoms with Gasteiger partial charge in [0, 0.05) is 12.3 Å². The van der Waals surface area contributed by atoms with Crippen molar-refractivity contribution in [2.45, 2.75) is 13.0 Å². The number of hydrogen-bond acceptors (Lipinski definition) is 5. The normalized spacial score (nSPS) is 12.0. The fraction of sp³-hybridized carbons (Fsp3) is 0.136. The number of carbonyl (C=O) groups excluding carboxylic acids is 2. The molecule has 0 saturated carbocycles. The summed E-state index contributed by atoms with van der Waals surface area (Å²) in [5.74, 6) is -0.342. The first-order valence-electron chi connectivity index (χ1n) is 8.84. The van der Waals surface area contributed by atoms with E-state index in [4.69, 9.17) is 21.1 Å². The Bertz CT molecular complexity index is 1080. The van der Waals surface area contributed by atoms with Crippen molar-refractivity contribution in [3.63, 3.8) is 0 Å². The molecule has 0 unspecified atom stereocenters. The number of hydrogen-bond donors (Lipinski definition) is 1. The van der Waals surface area contributed by atoms with Crippen molar-refractivity contribution in [3.05, 3.63) is 71.5 Å².